The predicted molar refractivity (Wildman–Crippen MR) is 83.5 cm³/mol. The number of likely N-dealkylation sites (N-methyl/N-ethyl adjacent to an activating group) is 1. The van der Waals surface area contributed by atoms with Crippen molar-refractivity contribution in [1.82, 2.24) is 14.7 Å². The van der Waals surface area contributed by atoms with Gasteiger partial charge in [0, 0.05) is 13.0 Å². The van der Waals surface area contributed by atoms with Crippen LogP contribution in [0.15, 0.2) is 6.20 Å². The van der Waals surface area contributed by atoms with Gasteiger partial charge >= 0.3 is 0 Å². The maximum Gasteiger partial charge on any atom is 0.139 e. The van der Waals surface area contributed by atoms with E-state index in [-0.39, 0.29) is 0 Å². The first-order chi connectivity index (χ1) is 9.48. The molecule has 1 aromatic heterocycles. The van der Waals surface area contributed by atoms with Gasteiger partial charge in [-0.15, -0.1) is 0 Å². The van der Waals surface area contributed by atoms with Gasteiger partial charge < -0.3 is 14.7 Å². The largest absolute Gasteiger partial charge is 0.380 e. The van der Waals surface area contributed by atoms with Crippen molar-refractivity contribution >= 4 is 11.6 Å². The molecule has 2 rings (SSSR count). The van der Waals surface area contributed by atoms with Crippen molar-refractivity contribution in [3.05, 3.63) is 16.9 Å². The van der Waals surface area contributed by atoms with Crippen LogP contribution in [0.4, 0.5) is 0 Å². The minimum atomic E-state index is -1.16. The maximum absolute atomic E-state index is 11.4. The van der Waals surface area contributed by atoms with Gasteiger partial charge in [0.25, 0.3) is 0 Å². The Morgan fingerprint density at radius 1 is 1.38 bits per heavy atom. The second-order valence-corrected chi connectivity index (χ2v) is 7.68. The molecule has 5 nitrogen and oxygen atoms in total. The van der Waals surface area contributed by atoms with E-state index in [2.05, 4.69) is 10.00 Å². The molecule has 0 spiro atoms. The summed E-state index contributed by atoms with van der Waals surface area (Å²) in [6.07, 6.45) is 2.09. The zero-order valence-electron chi connectivity index (χ0n) is 13.8. The van der Waals surface area contributed by atoms with Crippen LogP contribution in [0.5, 0.6) is 0 Å². The van der Waals surface area contributed by atoms with Crippen molar-refractivity contribution in [2.75, 3.05) is 20.6 Å². The highest BCUT2D eigenvalue weighted by molar-refractivity contribution is 6.31. The van der Waals surface area contributed by atoms with Crippen LogP contribution in [0.3, 0.4) is 0 Å². The van der Waals surface area contributed by atoms with Crippen LogP contribution in [0.2, 0.25) is 5.02 Å². The van der Waals surface area contributed by atoms with Crippen molar-refractivity contribution in [2.24, 2.45) is 0 Å². The normalized spacial score (nSPS) is 27.5. The molecule has 1 aromatic rings. The third-order valence-corrected chi connectivity index (χ3v) is 4.43. The molecule has 0 aliphatic carbocycles. The summed E-state index contributed by atoms with van der Waals surface area (Å²) < 4.78 is 7.85. The van der Waals surface area contributed by atoms with Crippen molar-refractivity contribution in [2.45, 2.75) is 57.5 Å². The maximum atomic E-state index is 11.4. The van der Waals surface area contributed by atoms with Gasteiger partial charge in [0.2, 0.25) is 0 Å². The first kappa shape index (κ1) is 16.7. The highest BCUT2D eigenvalue weighted by atomic mass is 35.5. The van der Waals surface area contributed by atoms with E-state index in [1.807, 2.05) is 41.8 Å². The molecule has 0 saturated carbocycles. The minimum Gasteiger partial charge on any atom is -0.380 e. The second kappa shape index (κ2) is 5.23. The van der Waals surface area contributed by atoms with E-state index in [1.165, 1.54) is 0 Å². The van der Waals surface area contributed by atoms with Crippen molar-refractivity contribution in [3.63, 3.8) is 0 Å². The number of rotatable bonds is 4. The Balaban J connectivity index is 2.43. The molecule has 1 atom stereocenters. The Bertz CT molecular complexity index is 525. The Hall–Kier alpha value is -0.620. The van der Waals surface area contributed by atoms with Gasteiger partial charge in [-0.25, -0.2) is 0 Å². The van der Waals surface area contributed by atoms with Gasteiger partial charge in [0.15, 0.2) is 0 Å². The van der Waals surface area contributed by atoms with E-state index in [1.54, 1.807) is 10.9 Å². The molecule has 6 heteroatoms. The third-order valence-electron chi connectivity index (χ3n) is 4.15. The lowest BCUT2D eigenvalue weighted by molar-refractivity contribution is -0.132. The lowest BCUT2D eigenvalue weighted by Crippen LogP contribution is -2.45. The first-order valence-electron chi connectivity index (χ1n) is 7.28. The SMILES string of the molecule is CN(C)CCn1ncc(Cl)c1C1(O)CC(C)(C)OC1(C)C. The first-order valence-corrected chi connectivity index (χ1v) is 7.65. The lowest BCUT2D eigenvalue weighted by Gasteiger charge is -2.35. The molecule has 21 heavy (non-hydrogen) atoms. The number of ether oxygens (including phenoxy) is 1. The Morgan fingerprint density at radius 2 is 2.00 bits per heavy atom. The Morgan fingerprint density at radius 3 is 2.48 bits per heavy atom. The van der Waals surface area contributed by atoms with Gasteiger partial charge in [0.1, 0.15) is 5.60 Å². The molecule has 0 aromatic carbocycles. The minimum absolute atomic E-state index is 0.405. The molecule has 1 saturated heterocycles. The number of aliphatic hydroxyl groups is 1. The molecule has 120 valence electrons. The molecule has 1 aliphatic rings. The fourth-order valence-corrected chi connectivity index (χ4v) is 3.54. The quantitative estimate of drug-likeness (QED) is 0.926. The summed E-state index contributed by atoms with van der Waals surface area (Å²) in [4.78, 5) is 2.07. The van der Waals surface area contributed by atoms with Crippen molar-refractivity contribution in [3.8, 4) is 0 Å². The number of hydrogen-bond acceptors (Lipinski definition) is 4. The molecule has 0 amide bonds. The second-order valence-electron chi connectivity index (χ2n) is 7.28. The number of nitrogens with zero attached hydrogens (tertiary/aromatic N) is 3. The van der Waals surface area contributed by atoms with Crippen LogP contribution in [-0.4, -0.2) is 51.6 Å². The van der Waals surface area contributed by atoms with E-state index in [0.29, 0.717) is 23.7 Å². The molecule has 1 aliphatic heterocycles. The van der Waals surface area contributed by atoms with Crippen LogP contribution in [0.25, 0.3) is 0 Å². The Labute approximate surface area is 131 Å². The van der Waals surface area contributed by atoms with E-state index >= 15 is 0 Å². The van der Waals surface area contributed by atoms with E-state index in [0.717, 1.165) is 6.54 Å². The van der Waals surface area contributed by atoms with E-state index in [4.69, 9.17) is 16.3 Å². The molecule has 2 heterocycles. The van der Waals surface area contributed by atoms with Gasteiger partial charge in [-0.05, 0) is 41.8 Å². The highest BCUT2D eigenvalue weighted by Crippen LogP contribution is 2.52. The highest BCUT2D eigenvalue weighted by Gasteiger charge is 2.59. The molecule has 0 bridgehead atoms. The monoisotopic (exact) mass is 315 g/mol. The van der Waals surface area contributed by atoms with E-state index < -0.39 is 16.8 Å². The zero-order valence-corrected chi connectivity index (χ0v) is 14.5. The summed E-state index contributed by atoms with van der Waals surface area (Å²) in [7, 11) is 4.01. The van der Waals surface area contributed by atoms with Crippen LogP contribution in [0, 0.1) is 0 Å². The average molecular weight is 316 g/mol. The summed E-state index contributed by atoms with van der Waals surface area (Å²) in [6.45, 7) is 9.28. The fourth-order valence-electron chi connectivity index (χ4n) is 3.25. The van der Waals surface area contributed by atoms with Gasteiger partial charge in [-0.1, -0.05) is 11.6 Å². The standard InChI is InChI=1S/C15H26ClN3O2/c1-13(2)10-15(20,14(3,4)21-13)12-11(16)9-17-19(12)8-7-18(5)6/h9,20H,7-8,10H2,1-6H3. The number of halogens is 1. The van der Waals surface area contributed by atoms with E-state index in [9.17, 15) is 5.11 Å². The van der Waals surface area contributed by atoms with Crippen LogP contribution >= 0.6 is 11.6 Å². The van der Waals surface area contributed by atoms with Crippen LogP contribution < -0.4 is 0 Å². The van der Waals surface area contributed by atoms with Crippen LogP contribution in [0.1, 0.15) is 39.8 Å². The molecular formula is C15H26ClN3O2. The molecule has 0 radical (unpaired) electrons. The average Bonchev–Trinajstić information content (AvgIpc) is 2.72. The van der Waals surface area contributed by atoms with Crippen molar-refractivity contribution < 1.29 is 9.84 Å². The topological polar surface area (TPSA) is 50.5 Å². The summed E-state index contributed by atoms with van der Waals surface area (Å²) in [5.41, 5.74) is -1.63. The summed E-state index contributed by atoms with van der Waals surface area (Å²) >= 11 is 6.34. The molecule has 1 fully saturated rings. The Kier molecular flexibility index (Phi) is 4.17. The number of aromatic nitrogens is 2. The molecule has 1 unspecified atom stereocenters. The number of hydrogen-bond donors (Lipinski definition) is 1. The molecular weight excluding hydrogens is 290 g/mol. The molecule has 1 N–H and O–H groups in total. The summed E-state index contributed by atoms with van der Waals surface area (Å²) in [6, 6.07) is 0. The van der Waals surface area contributed by atoms with Crippen molar-refractivity contribution in [1.29, 1.82) is 0 Å². The predicted octanol–water partition coefficient (Wildman–Crippen LogP) is 2.26. The fraction of sp³-hybridized carbons (Fsp3) is 0.800. The lowest BCUT2D eigenvalue weighted by atomic mass is 9.80. The summed E-state index contributed by atoms with van der Waals surface area (Å²) in [5.74, 6) is 0. The third kappa shape index (κ3) is 2.97. The van der Waals surface area contributed by atoms with Gasteiger partial charge in [-0.2, -0.15) is 5.10 Å². The van der Waals surface area contributed by atoms with Crippen LogP contribution in [-0.2, 0) is 16.9 Å². The zero-order chi connectivity index (χ0) is 16.1. The summed E-state index contributed by atoms with van der Waals surface area (Å²) in [5, 5.41) is 16.2. The smallest absolute Gasteiger partial charge is 0.139 e. The van der Waals surface area contributed by atoms with Gasteiger partial charge in [0.05, 0.1) is 34.7 Å². The van der Waals surface area contributed by atoms with Gasteiger partial charge in [-0.3, -0.25) is 4.68 Å².